The van der Waals surface area contributed by atoms with Gasteiger partial charge in [0, 0.05) is 5.56 Å². The Kier molecular flexibility index (Phi) is 4.11. The number of alkyl halides is 1. The van der Waals surface area contributed by atoms with Gasteiger partial charge in [-0.05, 0) is 19.1 Å². The molecule has 104 valence electrons. The summed E-state index contributed by atoms with van der Waals surface area (Å²) in [5.41, 5.74) is 0.353. The fourth-order valence-corrected chi connectivity index (χ4v) is 3.90. The molecule has 3 nitrogen and oxygen atoms in total. The van der Waals surface area contributed by atoms with Crippen molar-refractivity contribution in [3.05, 3.63) is 66.2 Å². The van der Waals surface area contributed by atoms with Crippen LogP contribution in [0.5, 0.6) is 0 Å². The molecule has 20 heavy (non-hydrogen) atoms. The standard InChI is InChI=1S/C15H13BrO3S/c1-15(16,14(17)12-8-4-2-5-9-12)20(18,19)13-10-6-3-7-11-13/h2-11H,1H3. The molecular weight excluding hydrogens is 340 g/mol. The number of carbonyl (C=O) groups excluding carboxylic acids is 1. The number of halogens is 1. The molecule has 0 aliphatic heterocycles. The molecule has 0 aliphatic carbocycles. The maximum atomic E-state index is 12.6. The second kappa shape index (κ2) is 5.50. The fourth-order valence-electron chi connectivity index (χ4n) is 1.79. The lowest BCUT2D eigenvalue weighted by Crippen LogP contribution is -2.37. The van der Waals surface area contributed by atoms with E-state index in [0.717, 1.165) is 0 Å². The largest absolute Gasteiger partial charge is 0.291 e. The SMILES string of the molecule is CC(Br)(C(=O)c1ccccc1)S(=O)(=O)c1ccccc1. The van der Waals surface area contributed by atoms with Gasteiger partial charge in [0.2, 0.25) is 9.84 Å². The average molecular weight is 353 g/mol. The zero-order chi connectivity index (χ0) is 14.8. The number of hydrogen-bond donors (Lipinski definition) is 0. The third-order valence-corrected chi connectivity index (χ3v) is 6.73. The summed E-state index contributed by atoms with van der Waals surface area (Å²) in [6.07, 6.45) is 0. The van der Waals surface area contributed by atoms with E-state index < -0.39 is 19.3 Å². The van der Waals surface area contributed by atoms with Crippen molar-refractivity contribution in [1.82, 2.24) is 0 Å². The zero-order valence-corrected chi connectivity index (χ0v) is 13.2. The van der Waals surface area contributed by atoms with Crippen LogP contribution in [-0.4, -0.2) is 17.9 Å². The Bertz CT molecular complexity index is 707. The Balaban J connectivity index is 2.48. The van der Waals surface area contributed by atoms with E-state index in [-0.39, 0.29) is 4.90 Å². The molecule has 1 unspecified atom stereocenters. The van der Waals surface area contributed by atoms with Crippen LogP contribution in [0.4, 0.5) is 0 Å². The molecule has 0 N–H and O–H groups in total. The fraction of sp³-hybridized carbons (Fsp3) is 0.133. The van der Waals surface area contributed by atoms with Crippen molar-refractivity contribution in [2.45, 2.75) is 15.5 Å². The number of ketones is 1. The van der Waals surface area contributed by atoms with Gasteiger partial charge in [0.1, 0.15) is 0 Å². The minimum atomic E-state index is -3.82. The van der Waals surface area contributed by atoms with Gasteiger partial charge in [-0.15, -0.1) is 0 Å². The topological polar surface area (TPSA) is 51.2 Å². The summed E-state index contributed by atoms with van der Waals surface area (Å²) >= 11 is 3.10. The number of rotatable bonds is 4. The van der Waals surface area contributed by atoms with Crippen molar-refractivity contribution in [3.63, 3.8) is 0 Å². The molecule has 0 saturated carbocycles. The van der Waals surface area contributed by atoms with Gasteiger partial charge < -0.3 is 0 Å². The highest BCUT2D eigenvalue weighted by molar-refractivity contribution is 9.12. The van der Waals surface area contributed by atoms with Crippen LogP contribution in [-0.2, 0) is 9.84 Å². The first-order valence-corrected chi connectivity index (χ1v) is 8.23. The van der Waals surface area contributed by atoms with Crippen LogP contribution < -0.4 is 0 Å². The summed E-state index contributed by atoms with van der Waals surface area (Å²) in [5, 5.41) is 0. The van der Waals surface area contributed by atoms with Gasteiger partial charge in [-0.3, -0.25) is 4.79 Å². The van der Waals surface area contributed by atoms with Crippen LogP contribution >= 0.6 is 15.9 Å². The molecule has 0 saturated heterocycles. The smallest absolute Gasteiger partial charge is 0.201 e. The second-order valence-electron chi connectivity index (χ2n) is 4.43. The highest BCUT2D eigenvalue weighted by Crippen LogP contribution is 2.34. The normalized spacial score (nSPS) is 14.5. The summed E-state index contributed by atoms with van der Waals surface area (Å²) in [4.78, 5) is 12.6. The highest BCUT2D eigenvalue weighted by Gasteiger charge is 2.45. The van der Waals surface area contributed by atoms with E-state index in [1.165, 1.54) is 19.1 Å². The van der Waals surface area contributed by atoms with E-state index in [1.54, 1.807) is 48.5 Å². The average Bonchev–Trinajstić information content (AvgIpc) is 2.48. The van der Waals surface area contributed by atoms with Gasteiger partial charge in [-0.2, -0.15) is 0 Å². The Morgan fingerprint density at radius 2 is 1.40 bits per heavy atom. The van der Waals surface area contributed by atoms with Crippen molar-refractivity contribution < 1.29 is 13.2 Å². The number of sulfone groups is 1. The van der Waals surface area contributed by atoms with E-state index in [4.69, 9.17) is 0 Å². The van der Waals surface area contributed by atoms with Gasteiger partial charge in [0.25, 0.3) is 0 Å². The molecule has 0 heterocycles. The Morgan fingerprint density at radius 1 is 0.950 bits per heavy atom. The number of hydrogen-bond acceptors (Lipinski definition) is 3. The predicted molar refractivity (Wildman–Crippen MR) is 81.7 cm³/mol. The molecule has 0 radical (unpaired) electrons. The molecular formula is C15H13BrO3S. The van der Waals surface area contributed by atoms with Crippen molar-refractivity contribution in [2.75, 3.05) is 0 Å². The quantitative estimate of drug-likeness (QED) is 0.625. The van der Waals surface area contributed by atoms with E-state index in [0.29, 0.717) is 5.56 Å². The maximum Gasteiger partial charge on any atom is 0.201 e. The summed E-state index contributed by atoms with van der Waals surface area (Å²) in [6.45, 7) is 1.37. The van der Waals surface area contributed by atoms with E-state index >= 15 is 0 Å². The first kappa shape index (κ1) is 14.9. The van der Waals surface area contributed by atoms with E-state index in [1.807, 2.05) is 0 Å². The van der Waals surface area contributed by atoms with Crippen LogP contribution in [0.25, 0.3) is 0 Å². The lowest BCUT2D eigenvalue weighted by molar-refractivity contribution is 0.0983. The zero-order valence-electron chi connectivity index (χ0n) is 10.8. The summed E-state index contributed by atoms with van der Waals surface area (Å²) in [7, 11) is -3.82. The van der Waals surface area contributed by atoms with E-state index in [2.05, 4.69) is 15.9 Å². The van der Waals surface area contributed by atoms with Crippen LogP contribution in [0.3, 0.4) is 0 Å². The Hall–Kier alpha value is -1.46. The molecule has 0 aromatic heterocycles. The monoisotopic (exact) mass is 352 g/mol. The molecule has 0 amide bonds. The maximum absolute atomic E-state index is 12.6. The Morgan fingerprint density at radius 3 is 1.90 bits per heavy atom. The van der Waals surface area contributed by atoms with Crippen molar-refractivity contribution >= 4 is 31.6 Å². The number of benzene rings is 2. The van der Waals surface area contributed by atoms with Crippen molar-refractivity contribution in [3.8, 4) is 0 Å². The van der Waals surface area contributed by atoms with E-state index in [9.17, 15) is 13.2 Å². The molecule has 0 aliphatic rings. The minimum absolute atomic E-state index is 0.114. The van der Waals surface area contributed by atoms with Gasteiger partial charge in [0.05, 0.1) is 4.90 Å². The highest BCUT2D eigenvalue weighted by atomic mass is 79.9. The first-order valence-electron chi connectivity index (χ1n) is 5.96. The van der Waals surface area contributed by atoms with Crippen LogP contribution in [0.2, 0.25) is 0 Å². The van der Waals surface area contributed by atoms with Crippen LogP contribution in [0.1, 0.15) is 17.3 Å². The molecule has 1 atom stereocenters. The molecule has 0 fully saturated rings. The van der Waals surface area contributed by atoms with Crippen LogP contribution in [0.15, 0.2) is 65.6 Å². The second-order valence-corrected chi connectivity index (χ2v) is 8.83. The number of Topliss-reactive ketones (excluding diaryl/α,β-unsaturated/α-hetero) is 1. The van der Waals surface area contributed by atoms with Crippen LogP contribution in [0, 0.1) is 0 Å². The Labute approximate surface area is 126 Å². The summed E-state index contributed by atoms with van der Waals surface area (Å²) in [5.74, 6) is -0.484. The number of carbonyl (C=O) groups is 1. The van der Waals surface area contributed by atoms with Crippen molar-refractivity contribution in [2.24, 2.45) is 0 Å². The van der Waals surface area contributed by atoms with Gasteiger partial charge in [0.15, 0.2) is 9.44 Å². The molecule has 5 heteroatoms. The van der Waals surface area contributed by atoms with Gasteiger partial charge in [-0.25, -0.2) is 8.42 Å². The molecule has 0 bridgehead atoms. The third kappa shape index (κ3) is 2.55. The summed E-state index contributed by atoms with van der Waals surface area (Å²) in [6, 6.07) is 16.3. The predicted octanol–water partition coefficient (Wildman–Crippen LogP) is 3.45. The van der Waals surface area contributed by atoms with Gasteiger partial charge in [-0.1, -0.05) is 64.5 Å². The minimum Gasteiger partial charge on any atom is -0.291 e. The first-order chi connectivity index (χ1) is 9.37. The summed E-state index contributed by atoms with van der Waals surface area (Å²) < 4.78 is 23.5. The molecule has 2 rings (SSSR count). The molecule has 2 aromatic carbocycles. The van der Waals surface area contributed by atoms with Crippen molar-refractivity contribution in [1.29, 1.82) is 0 Å². The molecule has 0 spiro atoms. The lowest BCUT2D eigenvalue weighted by Gasteiger charge is -2.21. The molecule has 2 aromatic rings. The third-order valence-electron chi connectivity index (χ3n) is 3.00. The van der Waals surface area contributed by atoms with Gasteiger partial charge >= 0.3 is 0 Å². The lowest BCUT2D eigenvalue weighted by atomic mass is 10.1.